The van der Waals surface area contributed by atoms with Crippen molar-refractivity contribution in [2.45, 2.75) is 17.9 Å². The molecule has 19 heavy (non-hydrogen) atoms. The van der Waals surface area contributed by atoms with Crippen molar-refractivity contribution >= 4 is 21.6 Å². The number of anilines is 1. The second kappa shape index (κ2) is 4.78. The number of hydrogen-bond donors (Lipinski definition) is 2. The van der Waals surface area contributed by atoms with E-state index in [9.17, 15) is 17.6 Å². The SMILES string of the molecule is CC1C(=O)NCCN1S(=O)(=O)c1cc(N)cc(F)c1. The summed E-state index contributed by atoms with van der Waals surface area (Å²) in [5.41, 5.74) is 5.47. The smallest absolute Gasteiger partial charge is 0.244 e. The second-order valence-corrected chi connectivity index (χ2v) is 6.19. The normalized spacial score (nSPS) is 21.2. The van der Waals surface area contributed by atoms with Gasteiger partial charge in [0.25, 0.3) is 0 Å². The van der Waals surface area contributed by atoms with Crippen molar-refractivity contribution in [2.24, 2.45) is 0 Å². The molecule has 2 rings (SSSR count). The number of benzene rings is 1. The molecular formula is C11H14FN3O3S. The van der Waals surface area contributed by atoms with Gasteiger partial charge >= 0.3 is 0 Å². The molecular weight excluding hydrogens is 273 g/mol. The summed E-state index contributed by atoms with van der Waals surface area (Å²) in [7, 11) is -3.94. The number of hydrogen-bond acceptors (Lipinski definition) is 4. The minimum Gasteiger partial charge on any atom is -0.399 e. The van der Waals surface area contributed by atoms with Gasteiger partial charge in [0, 0.05) is 18.8 Å². The van der Waals surface area contributed by atoms with Gasteiger partial charge in [0.2, 0.25) is 15.9 Å². The van der Waals surface area contributed by atoms with Gasteiger partial charge in [0.05, 0.1) is 4.90 Å². The molecule has 1 atom stereocenters. The zero-order chi connectivity index (χ0) is 14.2. The van der Waals surface area contributed by atoms with Crippen LogP contribution in [0.25, 0.3) is 0 Å². The lowest BCUT2D eigenvalue weighted by Crippen LogP contribution is -2.55. The number of nitrogen functional groups attached to an aromatic ring is 1. The van der Waals surface area contributed by atoms with Gasteiger partial charge in [-0.05, 0) is 25.1 Å². The van der Waals surface area contributed by atoms with Crippen LogP contribution in [0.5, 0.6) is 0 Å². The summed E-state index contributed by atoms with van der Waals surface area (Å²) in [5.74, 6) is -1.10. The molecule has 1 aromatic carbocycles. The summed E-state index contributed by atoms with van der Waals surface area (Å²) >= 11 is 0. The molecule has 3 N–H and O–H groups in total. The minimum absolute atomic E-state index is 0.0210. The van der Waals surface area contributed by atoms with Gasteiger partial charge < -0.3 is 11.1 Å². The Labute approximate surface area is 110 Å². The summed E-state index contributed by atoms with van der Waals surface area (Å²) in [6, 6.07) is 2.27. The van der Waals surface area contributed by atoms with Crippen molar-refractivity contribution in [3.63, 3.8) is 0 Å². The average molecular weight is 287 g/mol. The monoisotopic (exact) mass is 287 g/mol. The third-order valence-corrected chi connectivity index (χ3v) is 4.89. The first-order valence-corrected chi connectivity index (χ1v) is 7.12. The standard InChI is InChI=1S/C11H14FN3O3S/c1-7-11(16)14-2-3-15(7)19(17,18)10-5-8(12)4-9(13)6-10/h4-7H,2-3,13H2,1H3,(H,14,16). The summed E-state index contributed by atoms with van der Waals surface area (Å²) in [4.78, 5) is 11.3. The Hall–Kier alpha value is -1.67. The highest BCUT2D eigenvalue weighted by atomic mass is 32.2. The predicted octanol–water partition coefficient (Wildman–Crippen LogP) is -0.0831. The molecule has 1 aromatic rings. The number of amides is 1. The molecule has 1 amide bonds. The van der Waals surface area contributed by atoms with Crippen LogP contribution >= 0.6 is 0 Å². The number of piperazine rings is 1. The zero-order valence-corrected chi connectivity index (χ0v) is 11.1. The molecule has 1 fully saturated rings. The maximum Gasteiger partial charge on any atom is 0.244 e. The van der Waals surface area contributed by atoms with Crippen LogP contribution in [0.15, 0.2) is 23.1 Å². The Morgan fingerprint density at radius 2 is 2.11 bits per heavy atom. The highest BCUT2D eigenvalue weighted by molar-refractivity contribution is 7.89. The third-order valence-electron chi connectivity index (χ3n) is 2.94. The molecule has 1 heterocycles. The van der Waals surface area contributed by atoms with Gasteiger partial charge in [-0.15, -0.1) is 0 Å². The maximum atomic E-state index is 13.3. The molecule has 1 saturated heterocycles. The molecule has 1 unspecified atom stereocenters. The van der Waals surface area contributed by atoms with Crippen molar-refractivity contribution in [3.05, 3.63) is 24.0 Å². The van der Waals surface area contributed by atoms with Gasteiger partial charge in [-0.3, -0.25) is 4.79 Å². The van der Waals surface area contributed by atoms with E-state index in [1.165, 1.54) is 13.0 Å². The fraction of sp³-hybridized carbons (Fsp3) is 0.364. The van der Waals surface area contributed by atoms with Gasteiger partial charge in [-0.25, -0.2) is 12.8 Å². The van der Waals surface area contributed by atoms with E-state index in [1.807, 2.05) is 0 Å². The first-order chi connectivity index (χ1) is 8.82. The van der Waals surface area contributed by atoms with E-state index in [4.69, 9.17) is 5.73 Å². The number of nitrogens with one attached hydrogen (secondary N) is 1. The molecule has 104 valence electrons. The van der Waals surface area contributed by atoms with E-state index < -0.39 is 21.9 Å². The quantitative estimate of drug-likeness (QED) is 0.744. The van der Waals surface area contributed by atoms with E-state index in [-0.39, 0.29) is 29.6 Å². The average Bonchev–Trinajstić information content (AvgIpc) is 2.31. The number of carbonyl (C=O) groups excluding carboxylic acids is 1. The largest absolute Gasteiger partial charge is 0.399 e. The molecule has 0 bridgehead atoms. The van der Waals surface area contributed by atoms with E-state index >= 15 is 0 Å². The number of nitrogens with two attached hydrogens (primary N) is 1. The van der Waals surface area contributed by atoms with Crippen LogP contribution in [-0.2, 0) is 14.8 Å². The molecule has 1 aliphatic rings. The van der Waals surface area contributed by atoms with Crippen LogP contribution in [0.4, 0.5) is 10.1 Å². The first-order valence-electron chi connectivity index (χ1n) is 5.68. The highest BCUT2D eigenvalue weighted by Gasteiger charge is 2.35. The minimum atomic E-state index is -3.94. The van der Waals surface area contributed by atoms with Gasteiger partial charge in [-0.1, -0.05) is 0 Å². The third kappa shape index (κ3) is 2.54. The van der Waals surface area contributed by atoms with Crippen LogP contribution in [-0.4, -0.2) is 37.8 Å². The molecule has 1 aliphatic heterocycles. The molecule has 8 heteroatoms. The fourth-order valence-electron chi connectivity index (χ4n) is 1.96. The zero-order valence-electron chi connectivity index (χ0n) is 10.3. The lowest BCUT2D eigenvalue weighted by molar-refractivity contribution is -0.126. The predicted molar refractivity (Wildman–Crippen MR) is 67.2 cm³/mol. The Morgan fingerprint density at radius 3 is 2.74 bits per heavy atom. The topological polar surface area (TPSA) is 92.5 Å². The van der Waals surface area contributed by atoms with Gasteiger partial charge in [0.15, 0.2) is 0 Å². The van der Waals surface area contributed by atoms with E-state index in [1.54, 1.807) is 0 Å². The molecule has 0 radical (unpaired) electrons. The van der Waals surface area contributed by atoms with Gasteiger partial charge in [-0.2, -0.15) is 4.31 Å². The molecule has 0 saturated carbocycles. The lowest BCUT2D eigenvalue weighted by Gasteiger charge is -2.31. The first kappa shape index (κ1) is 13.8. The van der Waals surface area contributed by atoms with E-state index in [0.29, 0.717) is 0 Å². The van der Waals surface area contributed by atoms with Crippen molar-refractivity contribution in [1.29, 1.82) is 0 Å². The van der Waals surface area contributed by atoms with Crippen molar-refractivity contribution < 1.29 is 17.6 Å². The highest BCUT2D eigenvalue weighted by Crippen LogP contribution is 2.22. The molecule has 0 spiro atoms. The number of nitrogens with zero attached hydrogens (tertiary/aromatic N) is 1. The van der Waals surface area contributed by atoms with E-state index in [0.717, 1.165) is 16.4 Å². The lowest BCUT2D eigenvalue weighted by atomic mass is 10.2. The van der Waals surface area contributed by atoms with Crippen LogP contribution < -0.4 is 11.1 Å². The van der Waals surface area contributed by atoms with Crippen LogP contribution in [0.2, 0.25) is 0 Å². The Kier molecular flexibility index (Phi) is 3.46. The Bertz CT molecular complexity index is 597. The van der Waals surface area contributed by atoms with Crippen molar-refractivity contribution in [1.82, 2.24) is 9.62 Å². The molecule has 0 aromatic heterocycles. The fourth-order valence-corrected chi connectivity index (χ4v) is 3.62. The van der Waals surface area contributed by atoms with Crippen LogP contribution in [0.3, 0.4) is 0 Å². The summed E-state index contributed by atoms with van der Waals surface area (Å²) in [5, 5.41) is 2.56. The Balaban J connectivity index is 2.44. The van der Waals surface area contributed by atoms with Crippen molar-refractivity contribution in [3.8, 4) is 0 Å². The maximum absolute atomic E-state index is 13.3. The number of rotatable bonds is 2. The molecule has 0 aliphatic carbocycles. The van der Waals surface area contributed by atoms with Crippen LogP contribution in [0.1, 0.15) is 6.92 Å². The summed E-state index contributed by atoms with van der Waals surface area (Å²) < 4.78 is 39.0. The van der Waals surface area contributed by atoms with E-state index in [2.05, 4.69) is 5.32 Å². The molecule has 6 nitrogen and oxygen atoms in total. The number of halogens is 1. The number of sulfonamides is 1. The number of carbonyl (C=O) groups is 1. The van der Waals surface area contributed by atoms with Crippen molar-refractivity contribution in [2.75, 3.05) is 18.8 Å². The summed E-state index contributed by atoms with van der Waals surface area (Å²) in [6.45, 7) is 1.85. The summed E-state index contributed by atoms with van der Waals surface area (Å²) in [6.07, 6.45) is 0. The Morgan fingerprint density at radius 1 is 1.42 bits per heavy atom. The van der Waals surface area contributed by atoms with Gasteiger partial charge in [0.1, 0.15) is 11.9 Å². The van der Waals surface area contributed by atoms with Crippen LogP contribution in [0, 0.1) is 5.82 Å². The second-order valence-electron chi connectivity index (χ2n) is 4.30.